The van der Waals surface area contributed by atoms with Crippen LogP contribution in [0.1, 0.15) is 52.4 Å². The van der Waals surface area contributed by atoms with Crippen molar-refractivity contribution in [3.05, 3.63) is 53.5 Å². The first-order chi connectivity index (χ1) is 21.4. The number of piperazine rings is 1. The average Bonchev–Trinajstić information content (AvgIpc) is 3.55. The zero-order chi connectivity index (χ0) is 32.0. The SMILES string of the molecule is Cn1c(-c2cn(CC3CC3)nc2C(F)(F)F)cnc1C(=O)Nc1ccc(C(=O)N2CCN(C(=O)N[C@H]3C[C@@H](N)C3)CC2)c(F)c1. The Hall–Kier alpha value is -4.47. The van der Waals surface area contributed by atoms with Crippen molar-refractivity contribution in [1.29, 1.82) is 0 Å². The second-order valence-corrected chi connectivity index (χ2v) is 11.9. The third kappa shape index (κ3) is 6.50. The quantitative estimate of drug-likeness (QED) is 0.342. The fourth-order valence-corrected chi connectivity index (χ4v) is 5.63. The number of nitrogens with one attached hydrogen (secondary N) is 2. The molecule has 2 saturated carbocycles. The van der Waals surface area contributed by atoms with Crippen LogP contribution in [0.2, 0.25) is 0 Å². The molecule has 2 aliphatic carbocycles. The van der Waals surface area contributed by atoms with Gasteiger partial charge in [-0.15, -0.1) is 0 Å². The number of benzene rings is 1. The maximum Gasteiger partial charge on any atom is 0.435 e. The topological polar surface area (TPSA) is 143 Å². The van der Waals surface area contributed by atoms with Crippen molar-refractivity contribution in [2.45, 2.75) is 50.5 Å². The van der Waals surface area contributed by atoms with Gasteiger partial charge in [0.25, 0.3) is 11.8 Å². The second kappa shape index (κ2) is 11.8. The molecule has 0 radical (unpaired) electrons. The fraction of sp³-hybridized carbons (Fsp3) is 0.483. The van der Waals surface area contributed by atoms with E-state index in [9.17, 15) is 27.6 Å². The molecule has 2 aromatic heterocycles. The lowest BCUT2D eigenvalue weighted by atomic mass is 9.88. The van der Waals surface area contributed by atoms with Gasteiger partial charge in [-0.2, -0.15) is 18.3 Å². The Kier molecular flexibility index (Phi) is 8.01. The first kappa shape index (κ1) is 30.6. The van der Waals surface area contributed by atoms with E-state index in [-0.39, 0.29) is 59.5 Å². The van der Waals surface area contributed by atoms with Gasteiger partial charge < -0.3 is 30.7 Å². The molecule has 0 spiro atoms. The van der Waals surface area contributed by atoms with Gasteiger partial charge in [0.15, 0.2) is 11.5 Å². The van der Waals surface area contributed by atoms with Crippen LogP contribution in [0.15, 0.2) is 30.6 Å². The minimum Gasteiger partial charge on any atom is -0.335 e. The van der Waals surface area contributed by atoms with E-state index in [2.05, 4.69) is 20.7 Å². The van der Waals surface area contributed by atoms with Crippen LogP contribution in [0, 0.1) is 11.7 Å². The van der Waals surface area contributed by atoms with Gasteiger partial charge in [0.05, 0.1) is 23.0 Å². The Balaban J connectivity index is 1.09. The molecule has 6 rings (SSSR count). The van der Waals surface area contributed by atoms with Crippen LogP contribution in [-0.4, -0.2) is 85.2 Å². The number of aromatic nitrogens is 4. The lowest BCUT2D eigenvalue weighted by Gasteiger charge is -2.38. The summed E-state index contributed by atoms with van der Waals surface area (Å²) in [5, 5.41) is 9.16. The fourth-order valence-electron chi connectivity index (χ4n) is 5.63. The summed E-state index contributed by atoms with van der Waals surface area (Å²) in [5.41, 5.74) is 4.38. The summed E-state index contributed by atoms with van der Waals surface area (Å²) in [6, 6.07) is 3.55. The molecule has 4 N–H and O–H groups in total. The zero-order valence-corrected chi connectivity index (χ0v) is 24.5. The first-order valence-electron chi connectivity index (χ1n) is 14.7. The highest BCUT2D eigenvalue weighted by Crippen LogP contribution is 2.38. The summed E-state index contributed by atoms with van der Waals surface area (Å²) in [7, 11) is 1.41. The number of hydrogen-bond donors (Lipinski definition) is 3. The highest BCUT2D eigenvalue weighted by molar-refractivity contribution is 6.03. The van der Waals surface area contributed by atoms with Crippen molar-refractivity contribution < 1.29 is 31.9 Å². The Bertz CT molecular complexity index is 1620. The van der Waals surface area contributed by atoms with Gasteiger partial charge in [-0.1, -0.05) is 0 Å². The number of anilines is 1. The summed E-state index contributed by atoms with van der Waals surface area (Å²) in [6.07, 6.45) is 1.12. The Morgan fingerprint density at radius 2 is 1.76 bits per heavy atom. The van der Waals surface area contributed by atoms with Crippen LogP contribution in [0.25, 0.3) is 11.3 Å². The standard InChI is InChI=1S/C29H33F4N9O3/c1-39-23(21-15-42(14-16-2-3-16)38-24(21)29(31,32)33)13-35-25(39)26(43)36-18-4-5-20(22(30)12-18)27(44)40-6-8-41(9-7-40)28(45)37-19-10-17(34)11-19/h4-5,12-13,15-17,19H,2-3,6-11,14,34H2,1H3,(H,36,43)(H,37,45)/t17-,19+. The molecule has 4 amide bonds. The van der Waals surface area contributed by atoms with Crippen LogP contribution < -0.4 is 16.4 Å². The molecule has 16 heteroatoms. The van der Waals surface area contributed by atoms with Crippen LogP contribution >= 0.6 is 0 Å². The zero-order valence-electron chi connectivity index (χ0n) is 24.5. The molecule has 1 aliphatic heterocycles. The molecule has 240 valence electrons. The van der Waals surface area contributed by atoms with E-state index in [1.54, 1.807) is 4.90 Å². The summed E-state index contributed by atoms with van der Waals surface area (Å²) in [5.74, 6) is -2.09. The van der Waals surface area contributed by atoms with Crippen molar-refractivity contribution in [2.24, 2.45) is 18.7 Å². The van der Waals surface area contributed by atoms with E-state index < -0.39 is 29.5 Å². The smallest absolute Gasteiger partial charge is 0.335 e. The highest BCUT2D eigenvalue weighted by Gasteiger charge is 2.39. The summed E-state index contributed by atoms with van der Waals surface area (Å²) < 4.78 is 58.9. The third-order valence-electron chi connectivity index (χ3n) is 8.45. The number of halogens is 4. The normalized spacial score (nSPS) is 20.1. The van der Waals surface area contributed by atoms with E-state index in [0.717, 1.165) is 37.9 Å². The molecule has 0 unspecified atom stereocenters. The predicted octanol–water partition coefficient (Wildman–Crippen LogP) is 3.06. The van der Waals surface area contributed by atoms with Crippen molar-refractivity contribution in [1.82, 2.24) is 34.4 Å². The number of hydrogen-bond acceptors (Lipinski definition) is 6. The Morgan fingerprint density at radius 1 is 1.07 bits per heavy atom. The minimum atomic E-state index is -4.71. The second-order valence-electron chi connectivity index (χ2n) is 11.9. The van der Waals surface area contributed by atoms with E-state index in [1.165, 1.54) is 39.5 Å². The van der Waals surface area contributed by atoms with Crippen LogP contribution in [-0.2, 0) is 19.8 Å². The molecule has 3 heterocycles. The van der Waals surface area contributed by atoms with Crippen molar-refractivity contribution >= 4 is 23.5 Å². The molecule has 0 bridgehead atoms. The number of nitrogens with zero attached hydrogens (tertiary/aromatic N) is 6. The first-order valence-corrected chi connectivity index (χ1v) is 14.7. The number of urea groups is 1. The maximum atomic E-state index is 15.1. The molecule has 12 nitrogen and oxygen atoms in total. The molecule has 3 aliphatic rings. The molecule has 0 atom stereocenters. The Morgan fingerprint density at radius 3 is 2.38 bits per heavy atom. The predicted molar refractivity (Wildman–Crippen MR) is 154 cm³/mol. The van der Waals surface area contributed by atoms with Gasteiger partial charge in [-0.3, -0.25) is 14.3 Å². The van der Waals surface area contributed by atoms with E-state index >= 15 is 4.39 Å². The largest absolute Gasteiger partial charge is 0.435 e. The Labute approximate surface area is 255 Å². The van der Waals surface area contributed by atoms with Crippen LogP contribution in [0.3, 0.4) is 0 Å². The maximum absolute atomic E-state index is 15.1. The molecule has 3 fully saturated rings. The number of carbonyl (C=O) groups is 3. The van der Waals surface area contributed by atoms with Crippen LogP contribution in [0.4, 0.5) is 28.0 Å². The van der Waals surface area contributed by atoms with Crippen molar-refractivity contribution in [3.8, 4) is 11.3 Å². The van der Waals surface area contributed by atoms with E-state index in [0.29, 0.717) is 25.6 Å². The lowest BCUT2D eigenvalue weighted by molar-refractivity contribution is -0.141. The molecular weight excluding hydrogens is 598 g/mol. The van der Waals surface area contributed by atoms with Crippen molar-refractivity contribution in [2.75, 3.05) is 31.5 Å². The molecule has 3 aromatic rings. The van der Waals surface area contributed by atoms with Gasteiger partial charge in [-0.05, 0) is 49.8 Å². The highest BCUT2D eigenvalue weighted by atomic mass is 19.4. The van der Waals surface area contributed by atoms with Gasteiger partial charge in [0.1, 0.15) is 5.82 Å². The minimum absolute atomic E-state index is 0.0315. The van der Waals surface area contributed by atoms with Gasteiger partial charge in [0, 0.05) is 63.7 Å². The summed E-state index contributed by atoms with van der Waals surface area (Å²) >= 11 is 0. The monoisotopic (exact) mass is 631 g/mol. The van der Waals surface area contributed by atoms with E-state index in [4.69, 9.17) is 5.73 Å². The van der Waals surface area contributed by atoms with Crippen LogP contribution in [0.5, 0.6) is 0 Å². The molecule has 1 saturated heterocycles. The average molecular weight is 632 g/mol. The van der Waals surface area contributed by atoms with Gasteiger partial charge >= 0.3 is 12.2 Å². The number of rotatable bonds is 7. The van der Waals surface area contributed by atoms with E-state index in [1.807, 2.05) is 0 Å². The lowest BCUT2D eigenvalue weighted by Crippen LogP contribution is -2.57. The number of imidazole rings is 1. The summed E-state index contributed by atoms with van der Waals surface area (Å²) in [4.78, 5) is 45.6. The third-order valence-corrected chi connectivity index (χ3v) is 8.45. The molecular formula is C29H33F4N9O3. The number of nitrogens with two attached hydrogens (primary N) is 1. The number of amides is 4. The number of carbonyl (C=O) groups excluding carboxylic acids is 3. The summed E-state index contributed by atoms with van der Waals surface area (Å²) in [6.45, 7) is 1.42. The molecule has 45 heavy (non-hydrogen) atoms. The molecule has 1 aromatic carbocycles. The van der Waals surface area contributed by atoms with Crippen molar-refractivity contribution in [3.63, 3.8) is 0 Å². The van der Waals surface area contributed by atoms with Gasteiger partial charge in [-0.25, -0.2) is 14.2 Å². The van der Waals surface area contributed by atoms with Gasteiger partial charge in [0.2, 0.25) is 0 Å². The number of alkyl halides is 3.